The number of rotatable bonds is 4. The molecule has 0 unspecified atom stereocenters. The largest absolute Gasteiger partial charge is 0.477 e. The second-order valence-electron chi connectivity index (χ2n) is 10.2. The van der Waals surface area contributed by atoms with Crippen LogP contribution in [-0.2, 0) is 9.59 Å². The summed E-state index contributed by atoms with van der Waals surface area (Å²) in [5.41, 5.74) is 1.66. The van der Waals surface area contributed by atoms with Gasteiger partial charge in [0.05, 0.1) is 0 Å². The summed E-state index contributed by atoms with van der Waals surface area (Å²) in [5.74, 6) is -29.1. The van der Waals surface area contributed by atoms with Crippen LogP contribution in [0.25, 0.3) is 0 Å². The zero-order valence-corrected chi connectivity index (χ0v) is 25.8. The fourth-order valence-corrected chi connectivity index (χ4v) is 4.05. The highest BCUT2D eigenvalue weighted by atomic mass is 19.2. The third-order valence-corrected chi connectivity index (χ3v) is 6.01. The smallest absolute Gasteiger partial charge is 0.341 e. The highest BCUT2D eigenvalue weighted by Gasteiger charge is 2.30. The van der Waals surface area contributed by atoms with E-state index >= 15 is 0 Å². The summed E-state index contributed by atoms with van der Waals surface area (Å²) < 4.78 is 124. The maximum atomic E-state index is 12.6. The monoisotopic (exact) mass is 720 g/mol. The molecule has 0 radical (unpaired) electrons. The Morgan fingerprint density at radius 1 is 0.400 bits per heavy atom. The van der Waals surface area contributed by atoms with E-state index in [1.807, 2.05) is 64.1 Å². The van der Waals surface area contributed by atoms with Crippen molar-refractivity contribution in [2.24, 2.45) is 0 Å². The number of carboxylic acids is 2. The maximum Gasteiger partial charge on any atom is 0.341 e. The van der Waals surface area contributed by atoms with Gasteiger partial charge in [-0.1, -0.05) is 12.1 Å². The zero-order chi connectivity index (χ0) is 38.4. The van der Waals surface area contributed by atoms with Gasteiger partial charge >= 0.3 is 23.8 Å². The van der Waals surface area contributed by atoms with Crippen LogP contribution in [0.15, 0.2) is 36.4 Å². The lowest BCUT2D eigenvalue weighted by Gasteiger charge is -2.09. The first kappa shape index (κ1) is 40.2. The second kappa shape index (κ2) is 16.4. The van der Waals surface area contributed by atoms with Crippen LogP contribution in [0.1, 0.15) is 43.0 Å². The molecule has 18 heteroatoms. The lowest BCUT2D eigenvalue weighted by atomic mass is 10.1. The number of aromatic carboxylic acids is 2. The van der Waals surface area contributed by atoms with Crippen LogP contribution in [0, 0.1) is 85.9 Å². The van der Waals surface area contributed by atoms with Gasteiger partial charge in [0.1, 0.15) is 11.1 Å². The number of anilines is 2. The van der Waals surface area contributed by atoms with Gasteiger partial charge in [-0.15, -0.1) is 0 Å². The Labute approximate surface area is 275 Å². The summed E-state index contributed by atoms with van der Waals surface area (Å²) >= 11 is 0. The molecule has 4 rings (SSSR count). The molecule has 0 fully saturated rings. The number of halogens is 10. The fourth-order valence-electron chi connectivity index (χ4n) is 4.05. The molecule has 4 aromatic rings. The Balaban J connectivity index is 0.000000272. The second-order valence-corrected chi connectivity index (χ2v) is 10.2. The van der Waals surface area contributed by atoms with Crippen molar-refractivity contribution in [2.45, 2.75) is 27.7 Å². The van der Waals surface area contributed by atoms with Crippen molar-refractivity contribution in [2.75, 3.05) is 10.6 Å². The van der Waals surface area contributed by atoms with Crippen molar-refractivity contribution < 1.29 is 73.3 Å². The van der Waals surface area contributed by atoms with Crippen LogP contribution < -0.4 is 10.6 Å². The van der Waals surface area contributed by atoms with Gasteiger partial charge in [0.25, 0.3) is 0 Å². The molecule has 0 atom stereocenters. The predicted octanol–water partition coefficient (Wildman–Crippen LogP) is 7.66. The number of nitrogens with one attached hydrogen (secondary N) is 2. The summed E-state index contributed by atoms with van der Waals surface area (Å²) in [6.07, 6.45) is 0. The molecule has 0 heterocycles. The van der Waals surface area contributed by atoms with Crippen LogP contribution in [0.3, 0.4) is 0 Å². The summed E-state index contributed by atoms with van der Waals surface area (Å²) in [7, 11) is 0. The number of carbonyl (C=O) groups excluding carboxylic acids is 2. The number of carboxylic acid groups (broad SMARTS) is 2. The molecule has 50 heavy (non-hydrogen) atoms. The fraction of sp³-hybridized carbons (Fsp3) is 0.125. The number of hydrogen-bond acceptors (Lipinski definition) is 4. The Morgan fingerprint density at radius 2 is 0.600 bits per heavy atom. The number of aryl methyl sites for hydroxylation is 4. The molecule has 0 saturated carbocycles. The molecule has 266 valence electrons. The van der Waals surface area contributed by atoms with Gasteiger partial charge in [-0.3, -0.25) is 9.59 Å². The van der Waals surface area contributed by atoms with Crippen molar-refractivity contribution in [3.05, 3.63) is 128 Å². The van der Waals surface area contributed by atoms with Crippen LogP contribution in [0.4, 0.5) is 55.3 Å². The highest BCUT2D eigenvalue weighted by molar-refractivity contribution is 6.43. The summed E-state index contributed by atoms with van der Waals surface area (Å²) in [6, 6.07) is 11.3. The van der Waals surface area contributed by atoms with E-state index in [4.69, 9.17) is 10.2 Å². The Morgan fingerprint density at radius 3 is 0.800 bits per heavy atom. The van der Waals surface area contributed by atoms with Gasteiger partial charge in [-0.25, -0.2) is 53.5 Å². The molecule has 2 amide bonds. The van der Waals surface area contributed by atoms with E-state index < -0.39 is 93.1 Å². The molecule has 4 N–H and O–H groups in total. The van der Waals surface area contributed by atoms with E-state index in [1.165, 1.54) is 0 Å². The third-order valence-electron chi connectivity index (χ3n) is 6.01. The topological polar surface area (TPSA) is 133 Å². The summed E-state index contributed by atoms with van der Waals surface area (Å²) in [6.45, 7) is 7.77. The first-order valence-electron chi connectivity index (χ1n) is 13.4. The van der Waals surface area contributed by atoms with Gasteiger partial charge in [-0.05, 0) is 74.2 Å². The average molecular weight is 721 g/mol. The van der Waals surface area contributed by atoms with Gasteiger partial charge in [0, 0.05) is 11.4 Å². The molecule has 8 nitrogen and oxygen atoms in total. The third kappa shape index (κ3) is 9.57. The quantitative estimate of drug-likeness (QED) is 0.0741. The molecule has 4 aromatic carbocycles. The minimum absolute atomic E-state index is 0.623. The molecular weight excluding hydrogens is 698 g/mol. The lowest BCUT2D eigenvalue weighted by molar-refractivity contribution is -0.132. The first-order valence-corrected chi connectivity index (χ1v) is 13.4. The van der Waals surface area contributed by atoms with E-state index in [1.54, 1.807) is 0 Å². The van der Waals surface area contributed by atoms with Gasteiger partial charge < -0.3 is 20.8 Å². The van der Waals surface area contributed by atoms with E-state index in [-0.39, 0.29) is 0 Å². The van der Waals surface area contributed by atoms with E-state index in [0.717, 1.165) is 22.3 Å². The predicted molar refractivity (Wildman–Crippen MR) is 155 cm³/mol. The van der Waals surface area contributed by atoms with E-state index in [0.29, 0.717) is 11.4 Å². The van der Waals surface area contributed by atoms with Crippen LogP contribution in [-0.4, -0.2) is 34.0 Å². The molecule has 0 aromatic heterocycles. The van der Waals surface area contributed by atoms with Crippen LogP contribution >= 0.6 is 0 Å². The number of amides is 2. The van der Waals surface area contributed by atoms with Gasteiger partial charge in [-0.2, -0.15) is 0 Å². The van der Waals surface area contributed by atoms with Crippen molar-refractivity contribution >= 4 is 35.1 Å². The Hall–Kier alpha value is -5.94. The molecule has 0 spiro atoms. The SMILES string of the molecule is Cc1cc(C)cc(NC(=O)C(=O)Nc2cc(C)cc(C)c2)c1.O=C(O)c1c(F)c(F)c(F)c(F)c1F.O=C(O)c1c(F)c(F)c(F)c(F)c1F. The van der Waals surface area contributed by atoms with Gasteiger partial charge in [0.15, 0.2) is 46.5 Å². The first-order chi connectivity index (χ1) is 23.1. The Kier molecular flexibility index (Phi) is 13.2. The summed E-state index contributed by atoms with van der Waals surface area (Å²) in [4.78, 5) is 44.2. The lowest BCUT2D eigenvalue weighted by Crippen LogP contribution is -2.29. The number of hydrogen-bond donors (Lipinski definition) is 4. The van der Waals surface area contributed by atoms with Crippen molar-refractivity contribution in [3.8, 4) is 0 Å². The molecule has 0 aliphatic heterocycles. The number of carbonyl (C=O) groups is 4. The zero-order valence-electron chi connectivity index (χ0n) is 25.8. The summed E-state index contributed by atoms with van der Waals surface area (Å²) in [5, 5.41) is 21.5. The minimum Gasteiger partial charge on any atom is -0.477 e. The number of benzene rings is 4. The standard InChI is InChI=1S/C18H20N2O2.2C7HF5O2/c1-11-5-12(2)8-15(7-11)19-17(21)18(22)20-16-9-13(3)6-14(4)10-16;2*8-2-1(7(13)14)3(9)5(11)6(12)4(2)10/h5-10H,1-4H3,(H,19,21)(H,20,22);2*(H,13,14). The molecule has 0 saturated heterocycles. The average Bonchev–Trinajstić information content (AvgIpc) is 3.00. The molecular formula is C32H22F10N2O6. The minimum atomic E-state index is -2.38. The molecule has 0 bridgehead atoms. The Bertz CT molecular complexity index is 1780. The van der Waals surface area contributed by atoms with Crippen molar-refractivity contribution in [1.82, 2.24) is 0 Å². The van der Waals surface area contributed by atoms with E-state index in [9.17, 15) is 63.1 Å². The van der Waals surface area contributed by atoms with Crippen molar-refractivity contribution in [1.29, 1.82) is 0 Å². The molecule has 0 aliphatic carbocycles. The maximum absolute atomic E-state index is 12.6. The van der Waals surface area contributed by atoms with Crippen LogP contribution in [0.2, 0.25) is 0 Å². The molecule has 0 aliphatic rings. The highest BCUT2D eigenvalue weighted by Crippen LogP contribution is 2.24. The van der Waals surface area contributed by atoms with Crippen molar-refractivity contribution in [3.63, 3.8) is 0 Å². The van der Waals surface area contributed by atoms with Crippen LogP contribution in [0.5, 0.6) is 0 Å². The van der Waals surface area contributed by atoms with Gasteiger partial charge in [0.2, 0.25) is 11.6 Å². The van der Waals surface area contributed by atoms with E-state index in [2.05, 4.69) is 10.6 Å². The normalized spacial score (nSPS) is 10.3.